The van der Waals surface area contributed by atoms with Crippen LogP contribution in [0.5, 0.6) is 0 Å². The van der Waals surface area contributed by atoms with E-state index in [4.69, 9.17) is 9.47 Å². The molecule has 2 rings (SSSR count). The Morgan fingerprint density at radius 1 is 1.22 bits per heavy atom. The molecule has 126 valence electrons. The van der Waals surface area contributed by atoms with Crippen LogP contribution in [-0.4, -0.2) is 42.3 Å². The molecule has 0 radical (unpaired) electrons. The van der Waals surface area contributed by atoms with Crippen molar-refractivity contribution in [2.45, 2.75) is 34.1 Å². The molecule has 0 bridgehead atoms. The second kappa shape index (κ2) is 8.21. The van der Waals surface area contributed by atoms with E-state index in [1.54, 1.807) is 6.92 Å². The Kier molecular flexibility index (Phi) is 6.29. The summed E-state index contributed by atoms with van der Waals surface area (Å²) in [6, 6.07) is 0. The van der Waals surface area contributed by atoms with Crippen molar-refractivity contribution in [3.63, 3.8) is 0 Å². The minimum atomic E-state index is -0.298. The number of esters is 1. The number of carbonyl (C=O) groups is 1. The second-order valence-electron chi connectivity index (χ2n) is 5.05. The first kappa shape index (κ1) is 17.6. The summed E-state index contributed by atoms with van der Waals surface area (Å²) in [5, 5.41) is 4.24. The van der Waals surface area contributed by atoms with Crippen LogP contribution in [0.15, 0.2) is 0 Å². The highest BCUT2D eigenvalue weighted by molar-refractivity contribution is 7.20. The molecule has 0 amide bonds. The molecule has 0 spiro atoms. The Morgan fingerprint density at radius 2 is 2.00 bits per heavy atom. The standard InChI is InChI=1S/C16H23N3O3S/c1-5-21-9-7-8-17-14-12-10(3)13(16(20)22-6-2)23-15(12)19-11(4)18-14/h5-9H2,1-4H3,(H,17,18,19). The number of carbonyl (C=O) groups excluding carboxylic acids is 1. The van der Waals surface area contributed by atoms with E-state index in [9.17, 15) is 4.79 Å². The van der Waals surface area contributed by atoms with Crippen LogP contribution < -0.4 is 5.32 Å². The lowest BCUT2D eigenvalue weighted by Crippen LogP contribution is -2.08. The number of hydrogen-bond acceptors (Lipinski definition) is 7. The van der Waals surface area contributed by atoms with E-state index in [0.29, 0.717) is 23.9 Å². The fraction of sp³-hybridized carbons (Fsp3) is 0.562. The van der Waals surface area contributed by atoms with Crippen LogP contribution in [0.25, 0.3) is 10.2 Å². The molecule has 0 aromatic carbocycles. The Balaban J connectivity index is 2.27. The number of thiophene rings is 1. The molecular weight excluding hydrogens is 314 g/mol. The predicted molar refractivity (Wildman–Crippen MR) is 92.4 cm³/mol. The van der Waals surface area contributed by atoms with Gasteiger partial charge in [-0.3, -0.25) is 0 Å². The summed E-state index contributed by atoms with van der Waals surface area (Å²) in [5.74, 6) is 1.16. The van der Waals surface area contributed by atoms with Gasteiger partial charge in [-0.1, -0.05) is 0 Å². The number of aryl methyl sites for hydroxylation is 2. The zero-order valence-electron chi connectivity index (χ0n) is 14.1. The third kappa shape index (κ3) is 4.17. The molecule has 2 aromatic rings. The predicted octanol–water partition coefficient (Wildman–Crippen LogP) is 3.32. The summed E-state index contributed by atoms with van der Waals surface area (Å²) >= 11 is 1.36. The Morgan fingerprint density at radius 3 is 2.70 bits per heavy atom. The van der Waals surface area contributed by atoms with E-state index in [-0.39, 0.29) is 5.97 Å². The van der Waals surface area contributed by atoms with Gasteiger partial charge >= 0.3 is 5.97 Å². The molecule has 0 unspecified atom stereocenters. The Hall–Kier alpha value is -1.73. The third-order valence-corrected chi connectivity index (χ3v) is 4.49. The van der Waals surface area contributed by atoms with E-state index < -0.39 is 0 Å². The van der Waals surface area contributed by atoms with Gasteiger partial charge in [-0.2, -0.15) is 0 Å². The number of aromatic nitrogens is 2. The van der Waals surface area contributed by atoms with Gasteiger partial charge in [0.25, 0.3) is 0 Å². The zero-order valence-corrected chi connectivity index (χ0v) is 14.9. The van der Waals surface area contributed by atoms with Gasteiger partial charge in [0.15, 0.2) is 0 Å². The maximum Gasteiger partial charge on any atom is 0.348 e. The van der Waals surface area contributed by atoms with Crippen LogP contribution in [0.4, 0.5) is 5.82 Å². The minimum absolute atomic E-state index is 0.298. The summed E-state index contributed by atoms with van der Waals surface area (Å²) in [7, 11) is 0. The van der Waals surface area contributed by atoms with Crippen molar-refractivity contribution in [1.82, 2.24) is 9.97 Å². The number of nitrogens with one attached hydrogen (secondary N) is 1. The summed E-state index contributed by atoms with van der Waals surface area (Å²) < 4.78 is 10.5. The van der Waals surface area contributed by atoms with Crippen LogP contribution in [0.2, 0.25) is 0 Å². The molecule has 0 aliphatic heterocycles. The van der Waals surface area contributed by atoms with E-state index in [1.165, 1.54) is 11.3 Å². The lowest BCUT2D eigenvalue weighted by Gasteiger charge is -2.08. The van der Waals surface area contributed by atoms with Crippen molar-refractivity contribution in [1.29, 1.82) is 0 Å². The van der Waals surface area contributed by atoms with Gasteiger partial charge in [0, 0.05) is 19.8 Å². The molecule has 0 saturated heterocycles. The summed E-state index contributed by atoms with van der Waals surface area (Å²) in [5.41, 5.74) is 0.871. The Labute approximate surface area is 140 Å². The number of anilines is 1. The summed E-state index contributed by atoms with van der Waals surface area (Å²) in [4.78, 5) is 22.4. The third-order valence-electron chi connectivity index (χ3n) is 3.32. The molecule has 7 heteroatoms. The first-order valence-electron chi connectivity index (χ1n) is 7.84. The molecule has 0 aliphatic rings. The topological polar surface area (TPSA) is 73.3 Å². The van der Waals surface area contributed by atoms with E-state index in [2.05, 4.69) is 15.3 Å². The van der Waals surface area contributed by atoms with Crippen LogP contribution in [-0.2, 0) is 9.47 Å². The molecule has 0 atom stereocenters. The molecule has 0 fully saturated rings. The Bertz CT molecular complexity index is 685. The maximum absolute atomic E-state index is 12.1. The molecule has 0 saturated carbocycles. The fourth-order valence-corrected chi connectivity index (χ4v) is 3.41. The first-order valence-corrected chi connectivity index (χ1v) is 8.66. The highest BCUT2D eigenvalue weighted by Crippen LogP contribution is 2.34. The van der Waals surface area contributed by atoms with Crippen molar-refractivity contribution in [2.75, 3.05) is 31.7 Å². The number of hydrogen-bond donors (Lipinski definition) is 1. The molecule has 2 heterocycles. The summed E-state index contributed by atoms with van der Waals surface area (Å²) in [6.45, 7) is 10.1. The fourth-order valence-electron chi connectivity index (χ4n) is 2.29. The van der Waals surface area contributed by atoms with Crippen molar-refractivity contribution < 1.29 is 14.3 Å². The number of fused-ring (bicyclic) bond motifs is 1. The number of nitrogens with zero attached hydrogens (tertiary/aromatic N) is 2. The smallest absolute Gasteiger partial charge is 0.348 e. The van der Waals surface area contributed by atoms with Crippen molar-refractivity contribution in [2.24, 2.45) is 0 Å². The van der Waals surface area contributed by atoms with Crippen molar-refractivity contribution in [3.05, 3.63) is 16.3 Å². The molecule has 2 aromatic heterocycles. The molecular formula is C16H23N3O3S. The lowest BCUT2D eigenvalue weighted by atomic mass is 10.2. The van der Waals surface area contributed by atoms with Gasteiger partial charge in [-0.05, 0) is 39.7 Å². The van der Waals surface area contributed by atoms with Gasteiger partial charge in [0.05, 0.1) is 12.0 Å². The van der Waals surface area contributed by atoms with Crippen LogP contribution in [0, 0.1) is 13.8 Å². The largest absolute Gasteiger partial charge is 0.462 e. The monoisotopic (exact) mass is 337 g/mol. The van der Waals surface area contributed by atoms with Crippen LogP contribution in [0.1, 0.15) is 41.3 Å². The molecule has 6 nitrogen and oxygen atoms in total. The van der Waals surface area contributed by atoms with Gasteiger partial charge in [0.2, 0.25) is 0 Å². The maximum atomic E-state index is 12.1. The van der Waals surface area contributed by atoms with Crippen LogP contribution in [0.3, 0.4) is 0 Å². The molecule has 23 heavy (non-hydrogen) atoms. The first-order chi connectivity index (χ1) is 11.1. The van der Waals surface area contributed by atoms with Crippen LogP contribution >= 0.6 is 11.3 Å². The van der Waals surface area contributed by atoms with Crippen molar-refractivity contribution >= 4 is 33.3 Å². The van der Waals surface area contributed by atoms with Gasteiger partial charge in [0.1, 0.15) is 21.3 Å². The van der Waals surface area contributed by atoms with Gasteiger partial charge in [-0.25, -0.2) is 14.8 Å². The normalized spacial score (nSPS) is 11.0. The highest BCUT2D eigenvalue weighted by atomic mass is 32.1. The minimum Gasteiger partial charge on any atom is -0.462 e. The average molecular weight is 337 g/mol. The highest BCUT2D eigenvalue weighted by Gasteiger charge is 2.20. The van der Waals surface area contributed by atoms with Gasteiger partial charge in [-0.15, -0.1) is 11.3 Å². The van der Waals surface area contributed by atoms with Crippen molar-refractivity contribution in [3.8, 4) is 0 Å². The number of ether oxygens (including phenoxy) is 2. The number of rotatable bonds is 8. The lowest BCUT2D eigenvalue weighted by molar-refractivity contribution is 0.0531. The van der Waals surface area contributed by atoms with E-state index >= 15 is 0 Å². The quantitative estimate of drug-likeness (QED) is 0.588. The van der Waals surface area contributed by atoms with Gasteiger partial charge < -0.3 is 14.8 Å². The zero-order chi connectivity index (χ0) is 16.8. The molecule has 1 N–H and O–H groups in total. The van der Waals surface area contributed by atoms with E-state index in [0.717, 1.165) is 41.2 Å². The molecule has 0 aliphatic carbocycles. The van der Waals surface area contributed by atoms with E-state index in [1.807, 2.05) is 20.8 Å². The average Bonchev–Trinajstić information content (AvgIpc) is 2.84. The SMILES string of the molecule is CCOCCCNc1nc(C)nc2sc(C(=O)OCC)c(C)c12. The second-order valence-corrected chi connectivity index (χ2v) is 6.05. The summed E-state index contributed by atoms with van der Waals surface area (Å²) in [6.07, 6.45) is 0.895.